The number of nitrogens with zero attached hydrogens (tertiary/aromatic N) is 4. The zero-order valence-electron chi connectivity index (χ0n) is 13.6. The van der Waals surface area contributed by atoms with Gasteiger partial charge in [0.2, 0.25) is 0 Å². The number of amides is 1. The third-order valence-corrected chi connectivity index (χ3v) is 4.36. The van der Waals surface area contributed by atoms with Crippen LogP contribution in [-0.2, 0) is 13.6 Å². The van der Waals surface area contributed by atoms with Gasteiger partial charge in [0.05, 0.1) is 6.54 Å². The fourth-order valence-electron chi connectivity index (χ4n) is 2.77. The Labute approximate surface area is 139 Å². The van der Waals surface area contributed by atoms with Crippen molar-refractivity contribution in [3.05, 3.63) is 47.1 Å². The number of aryl methyl sites for hydroxylation is 1. The quantitative estimate of drug-likeness (QED) is 0.722. The van der Waals surface area contributed by atoms with E-state index in [0.717, 1.165) is 5.69 Å². The smallest absolute Gasteiger partial charge is 0.275 e. The molecule has 3 rings (SSSR count). The number of fused-ring (bicyclic) bond motifs is 1. The van der Waals surface area contributed by atoms with Crippen LogP contribution in [-0.4, -0.2) is 31.5 Å². The van der Waals surface area contributed by atoms with Crippen molar-refractivity contribution in [2.45, 2.75) is 20.4 Å². The van der Waals surface area contributed by atoms with Gasteiger partial charge in [-0.2, -0.15) is 0 Å². The number of carbonyl (C=O) groups is 1. The molecule has 0 saturated carbocycles. The predicted molar refractivity (Wildman–Crippen MR) is 92.4 cm³/mol. The first-order valence-electron chi connectivity index (χ1n) is 7.66. The number of rotatable bonds is 5. The van der Waals surface area contributed by atoms with E-state index in [2.05, 4.69) is 46.2 Å². The fraction of sp³-hybridized carbons (Fsp3) is 0.353. The van der Waals surface area contributed by atoms with E-state index in [9.17, 15) is 4.79 Å². The molecule has 0 radical (unpaired) electrons. The number of carbonyl (C=O) groups excluding carboxylic acids is 1. The summed E-state index contributed by atoms with van der Waals surface area (Å²) in [6.07, 6.45) is 0. The van der Waals surface area contributed by atoms with Gasteiger partial charge in [0.25, 0.3) is 5.91 Å². The van der Waals surface area contributed by atoms with Crippen molar-refractivity contribution in [1.29, 1.82) is 0 Å². The van der Waals surface area contributed by atoms with E-state index in [1.807, 2.05) is 24.1 Å². The van der Waals surface area contributed by atoms with Gasteiger partial charge in [-0.15, -0.1) is 5.10 Å². The topological polar surface area (TPSA) is 51.0 Å². The lowest BCUT2D eigenvalue weighted by atomic mass is 10.2. The van der Waals surface area contributed by atoms with E-state index in [1.165, 1.54) is 22.4 Å². The number of benzene rings is 1. The normalized spacial score (nSPS) is 11.3. The second kappa shape index (κ2) is 6.50. The molecule has 6 heteroatoms. The molecular formula is C17H20N4OS. The summed E-state index contributed by atoms with van der Waals surface area (Å²) in [4.78, 5) is 14.5. The lowest BCUT2D eigenvalue weighted by Crippen LogP contribution is -2.34. The Kier molecular flexibility index (Phi) is 4.43. The van der Waals surface area contributed by atoms with Crippen LogP contribution in [0.5, 0.6) is 0 Å². The lowest BCUT2D eigenvalue weighted by Gasteiger charge is -2.24. The van der Waals surface area contributed by atoms with Crippen molar-refractivity contribution in [1.82, 2.24) is 19.1 Å². The average molecular weight is 328 g/mol. The molecule has 1 amide bonds. The summed E-state index contributed by atoms with van der Waals surface area (Å²) in [5.41, 5.74) is 2.72. The van der Waals surface area contributed by atoms with Gasteiger partial charge in [0, 0.05) is 30.2 Å². The number of hydrogen-bond donors (Lipinski definition) is 0. The summed E-state index contributed by atoms with van der Waals surface area (Å²) in [6.45, 7) is 5.49. The molecule has 23 heavy (non-hydrogen) atoms. The first kappa shape index (κ1) is 15.7. The summed E-state index contributed by atoms with van der Waals surface area (Å²) in [5, 5.41) is 6.82. The van der Waals surface area contributed by atoms with E-state index < -0.39 is 0 Å². The molecule has 0 unspecified atom stereocenters. The molecule has 0 atom stereocenters. The molecule has 0 N–H and O–H groups in total. The van der Waals surface area contributed by atoms with Gasteiger partial charge in [0.15, 0.2) is 5.69 Å². The lowest BCUT2D eigenvalue weighted by molar-refractivity contribution is 0.0713. The first-order valence-corrected chi connectivity index (χ1v) is 8.49. The molecule has 0 aliphatic heterocycles. The average Bonchev–Trinajstić information content (AvgIpc) is 3.15. The van der Waals surface area contributed by atoms with Crippen molar-refractivity contribution in [2.75, 3.05) is 6.54 Å². The van der Waals surface area contributed by atoms with Crippen molar-refractivity contribution >= 4 is 28.3 Å². The highest BCUT2D eigenvalue weighted by Gasteiger charge is 2.21. The Bertz CT molecular complexity index is 807. The second-order valence-electron chi connectivity index (χ2n) is 6.12. The van der Waals surface area contributed by atoms with Gasteiger partial charge in [0.1, 0.15) is 0 Å². The van der Waals surface area contributed by atoms with Crippen LogP contribution in [0.4, 0.5) is 0 Å². The zero-order valence-corrected chi connectivity index (χ0v) is 14.4. The van der Waals surface area contributed by atoms with E-state index >= 15 is 0 Å². The Morgan fingerprint density at radius 3 is 2.78 bits per heavy atom. The van der Waals surface area contributed by atoms with E-state index in [4.69, 9.17) is 0 Å². The maximum atomic E-state index is 12.7. The highest BCUT2D eigenvalue weighted by Crippen LogP contribution is 2.20. The van der Waals surface area contributed by atoms with Crippen LogP contribution in [0.2, 0.25) is 0 Å². The molecule has 0 aliphatic rings. The standard InChI is InChI=1S/C17H20N4OS/c1-12(2)9-21(17(22)15-11-23-19-18-15)10-14-8-13-6-4-5-7-16(13)20(14)3/h4-8,11-12H,9-10H2,1-3H3. The summed E-state index contributed by atoms with van der Waals surface area (Å²) >= 11 is 1.20. The third-order valence-electron chi connectivity index (χ3n) is 3.86. The molecule has 3 aromatic rings. The van der Waals surface area contributed by atoms with Crippen LogP contribution in [0.25, 0.3) is 10.9 Å². The van der Waals surface area contributed by atoms with Crippen LogP contribution in [0.3, 0.4) is 0 Å². The molecule has 120 valence electrons. The van der Waals surface area contributed by atoms with Gasteiger partial charge < -0.3 is 9.47 Å². The Hall–Kier alpha value is -2.21. The van der Waals surface area contributed by atoms with E-state index in [1.54, 1.807) is 5.38 Å². The summed E-state index contributed by atoms with van der Waals surface area (Å²) < 4.78 is 5.95. The highest BCUT2D eigenvalue weighted by molar-refractivity contribution is 7.03. The van der Waals surface area contributed by atoms with Crippen LogP contribution in [0.15, 0.2) is 35.7 Å². The van der Waals surface area contributed by atoms with Crippen LogP contribution >= 0.6 is 11.5 Å². The van der Waals surface area contributed by atoms with Gasteiger partial charge in [-0.3, -0.25) is 4.79 Å². The molecule has 0 saturated heterocycles. The van der Waals surface area contributed by atoms with Gasteiger partial charge in [-0.05, 0) is 35.0 Å². The maximum absolute atomic E-state index is 12.7. The number of para-hydroxylation sites is 1. The third kappa shape index (κ3) is 3.27. The molecule has 0 aliphatic carbocycles. The van der Waals surface area contributed by atoms with Crippen molar-refractivity contribution in [2.24, 2.45) is 13.0 Å². The fourth-order valence-corrected chi connectivity index (χ4v) is 3.20. The van der Waals surface area contributed by atoms with Gasteiger partial charge >= 0.3 is 0 Å². The minimum absolute atomic E-state index is 0.0577. The molecule has 0 bridgehead atoms. The molecule has 1 aromatic carbocycles. The minimum Gasteiger partial charge on any atom is -0.346 e. The number of aromatic nitrogens is 3. The highest BCUT2D eigenvalue weighted by atomic mass is 32.1. The van der Waals surface area contributed by atoms with E-state index in [0.29, 0.717) is 24.7 Å². The Balaban J connectivity index is 1.90. The SMILES string of the molecule is CC(C)CN(Cc1cc2ccccc2n1C)C(=O)c1csnn1. The Morgan fingerprint density at radius 1 is 1.35 bits per heavy atom. The molecule has 0 fully saturated rings. The van der Waals surface area contributed by atoms with E-state index in [-0.39, 0.29) is 5.91 Å². The van der Waals surface area contributed by atoms with Crippen LogP contribution in [0.1, 0.15) is 30.0 Å². The molecule has 5 nitrogen and oxygen atoms in total. The maximum Gasteiger partial charge on any atom is 0.275 e. The van der Waals surface area contributed by atoms with Crippen molar-refractivity contribution in [3.8, 4) is 0 Å². The zero-order chi connectivity index (χ0) is 16.4. The molecule has 2 heterocycles. The van der Waals surface area contributed by atoms with Crippen LogP contribution in [0, 0.1) is 5.92 Å². The van der Waals surface area contributed by atoms with Gasteiger partial charge in [-0.1, -0.05) is 36.5 Å². The first-order chi connectivity index (χ1) is 11.1. The molecule has 0 spiro atoms. The van der Waals surface area contributed by atoms with Gasteiger partial charge in [-0.25, -0.2) is 0 Å². The Morgan fingerprint density at radius 2 is 2.13 bits per heavy atom. The molecule has 2 aromatic heterocycles. The summed E-state index contributed by atoms with van der Waals surface area (Å²) in [5.74, 6) is 0.331. The number of hydrogen-bond acceptors (Lipinski definition) is 4. The monoisotopic (exact) mass is 328 g/mol. The largest absolute Gasteiger partial charge is 0.346 e. The predicted octanol–water partition coefficient (Wildman–Crippen LogP) is 3.33. The summed E-state index contributed by atoms with van der Waals surface area (Å²) in [7, 11) is 2.04. The minimum atomic E-state index is -0.0577. The van der Waals surface area contributed by atoms with Crippen molar-refractivity contribution < 1.29 is 4.79 Å². The molecular weight excluding hydrogens is 308 g/mol. The second-order valence-corrected chi connectivity index (χ2v) is 6.73. The summed E-state index contributed by atoms with van der Waals surface area (Å²) in [6, 6.07) is 10.4. The van der Waals surface area contributed by atoms with Crippen LogP contribution < -0.4 is 0 Å². The van der Waals surface area contributed by atoms with Crippen molar-refractivity contribution in [3.63, 3.8) is 0 Å².